The van der Waals surface area contributed by atoms with Crippen LogP contribution in [0.5, 0.6) is 0 Å². The number of piperidine rings is 1. The van der Waals surface area contributed by atoms with E-state index in [1.165, 1.54) is 30.4 Å². The SMILES string of the molecule is CC1(N)CCNC(c2ccc3[nH]c4nccc(-c5nccncc(C6CCC6)ccn5)c4c3c2)C1. The fourth-order valence-corrected chi connectivity index (χ4v) is 5.31. The second-order valence-electron chi connectivity index (χ2n) is 10.2. The Balaban J connectivity index is 1.47. The molecule has 0 amide bonds. The van der Waals surface area contributed by atoms with Crippen molar-refractivity contribution in [3.63, 3.8) is 0 Å². The van der Waals surface area contributed by atoms with Crippen LogP contribution >= 0.6 is 0 Å². The minimum absolute atomic E-state index is 0.155. The van der Waals surface area contributed by atoms with Crippen LogP contribution in [0.2, 0.25) is 0 Å². The highest BCUT2D eigenvalue weighted by Gasteiger charge is 2.29. The second kappa shape index (κ2) is 8.98. The van der Waals surface area contributed by atoms with E-state index in [0.29, 0.717) is 11.7 Å². The Morgan fingerprint density at radius 2 is 1.83 bits per heavy atom. The summed E-state index contributed by atoms with van der Waals surface area (Å²) >= 11 is 0. The lowest BCUT2D eigenvalue weighted by atomic mass is 9.81. The number of nitrogens with two attached hydrogens (primary N) is 1. The Hall–Kier alpha value is -3.42. The molecule has 0 radical (unpaired) electrons. The van der Waals surface area contributed by atoms with E-state index in [9.17, 15) is 0 Å². The van der Waals surface area contributed by atoms with Crippen LogP contribution in [0.1, 0.15) is 62.1 Å². The van der Waals surface area contributed by atoms with Gasteiger partial charge >= 0.3 is 0 Å². The summed E-state index contributed by atoms with van der Waals surface area (Å²) < 4.78 is 0. The number of nitrogens with zero attached hydrogens (tertiary/aromatic N) is 4. The molecule has 1 saturated carbocycles. The summed E-state index contributed by atoms with van der Waals surface area (Å²) in [5.74, 6) is 1.23. The minimum Gasteiger partial charge on any atom is -0.339 e. The molecule has 6 rings (SSSR count). The summed E-state index contributed by atoms with van der Waals surface area (Å²) in [4.78, 5) is 22.0. The van der Waals surface area contributed by atoms with E-state index in [2.05, 4.69) is 56.4 Å². The van der Waals surface area contributed by atoms with Crippen molar-refractivity contribution in [2.45, 2.75) is 56.5 Å². The smallest absolute Gasteiger partial charge is 0.159 e. The van der Waals surface area contributed by atoms with Crippen molar-refractivity contribution in [3.8, 4) is 11.4 Å². The molecule has 0 spiro atoms. The first-order valence-corrected chi connectivity index (χ1v) is 12.5. The maximum atomic E-state index is 6.49. The zero-order valence-electron chi connectivity index (χ0n) is 20.0. The number of nitrogens with one attached hydrogen (secondary N) is 2. The van der Waals surface area contributed by atoms with Crippen molar-refractivity contribution in [2.24, 2.45) is 5.73 Å². The van der Waals surface area contributed by atoms with Gasteiger partial charge in [0.15, 0.2) is 5.82 Å². The molecule has 4 N–H and O–H groups in total. The first kappa shape index (κ1) is 22.1. The van der Waals surface area contributed by atoms with Gasteiger partial charge in [-0.05, 0) is 80.5 Å². The summed E-state index contributed by atoms with van der Waals surface area (Å²) in [7, 11) is 0. The number of H-pyrrole nitrogens is 1. The highest BCUT2D eigenvalue weighted by molar-refractivity contribution is 6.12. The molecule has 178 valence electrons. The first-order valence-electron chi connectivity index (χ1n) is 12.5. The molecule has 1 aliphatic heterocycles. The number of aromatic nitrogens is 5. The quantitative estimate of drug-likeness (QED) is 0.389. The zero-order chi connectivity index (χ0) is 23.8. The average Bonchev–Trinajstić information content (AvgIpc) is 3.19. The number of aromatic amines is 1. The van der Waals surface area contributed by atoms with Crippen molar-refractivity contribution < 1.29 is 0 Å². The number of hydrogen-bond donors (Lipinski definition) is 3. The number of fused-ring (bicyclic) bond motifs is 3. The van der Waals surface area contributed by atoms with E-state index in [4.69, 9.17) is 10.7 Å². The number of hydrogen-bond acceptors (Lipinski definition) is 6. The lowest BCUT2D eigenvalue weighted by Gasteiger charge is -2.36. The summed E-state index contributed by atoms with van der Waals surface area (Å²) in [5.41, 5.74) is 11.6. The molecule has 35 heavy (non-hydrogen) atoms. The normalized spacial score (nSPS) is 22.6. The van der Waals surface area contributed by atoms with Gasteiger partial charge in [-0.25, -0.2) is 15.0 Å². The standard InChI is InChI=1S/C28H31N7/c1-28(29)9-12-31-24(16-28)19-5-6-23-22(15-19)25-21(8-11-33-27(25)35-23)26-32-10-7-20(18-3-2-4-18)17-30-13-14-34-26/h5-8,10-11,13-15,17-18,24,31H,2-4,9,12,16,29H2,1H3,(H,33,35). The molecule has 2 aliphatic rings. The van der Waals surface area contributed by atoms with Gasteiger partial charge in [0.2, 0.25) is 0 Å². The van der Waals surface area contributed by atoms with E-state index >= 15 is 0 Å². The Morgan fingerprint density at radius 3 is 2.66 bits per heavy atom. The lowest BCUT2D eigenvalue weighted by molar-refractivity contribution is 0.278. The summed E-state index contributed by atoms with van der Waals surface area (Å²) in [6.45, 7) is 3.07. The number of pyridine rings is 1. The van der Waals surface area contributed by atoms with Gasteiger partial charge in [-0.1, -0.05) is 12.5 Å². The van der Waals surface area contributed by atoms with E-state index in [0.717, 1.165) is 46.9 Å². The van der Waals surface area contributed by atoms with E-state index in [1.54, 1.807) is 12.4 Å². The zero-order valence-corrected chi connectivity index (χ0v) is 20.0. The third-order valence-corrected chi connectivity index (χ3v) is 7.53. The maximum absolute atomic E-state index is 6.49. The topological polar surface area (TPSA) is 105 Å². The molecule has 1 aliphatic carbocycles. The monoisotopic (exact) mass is 465 g/mol. The fourth-order valence-electron chi connectivity index (χ4n) is 5.31. The fraction of sp³-hybridized carbons (Fsp3) is 0.357. The van der Waals surface area contributed by atoms with Crippen LogP contribution in [0.15, 0.2) is 61.3 Å². The number of benzene rings is 1. The maximum Gasteiger partial charge on any atom is 0.159 e. The van der Waals surface area contributed by atoms with Crippen LogP contribution in [0.4, 0.5) is 0 Å². The van der Waals surface area contributed by atoms with Gasteiger partial charge in [0.05, 0.1) is 0 Å². The Morgan fingerprint density at radius 1 is 0.971 bits per heavy atom. The molecule has 1 saturated heterocycles. The van der Waals surface area contributed by atoms with Gasteiger partial charge in [0.25, 0.3) is 0 Å². The van der Waals surface area contributed by atoms with Crippen LogP contribution < -0.4 is 11.1 Å². The Bertz CT molecular complexity index is 1440. The molecule has 3 aromatic heterocycles. The molecular formula is C28H31N7. The van der Waals surface area contributed by atoms with Crippen LogP contribution in [0.25, 0.3) is 33.3 Å². The van der Waals surface area contributed by atoms with Crippen LogP contribution in [0, 0.1) is 0 Å². The largest absolute Gasteiger partial charge is 0.339 e. The molecule has 7 heteroatoms. The lowest BCUT2D eigenvalue weighted by Crippen LogP contribution is -2.47. The van der Waals surface area contributed by atoms with Crippen molar-refractivity contribution in [2.75, 3.05) is 6.54 Å². The van der Waals surface area contributed by atoms with Gasteiger partial charge in [-0.3, -0.25) is 4.98 Å². The average molecular weight is 466 g/mol. The van der Waals surface area contributed by atoms with Gasteiger partial charge in [-0.2, -0.15) is 0 Å². The molecule has 4 heterocycles. The number of rotatable bonds is 3. The Labute approximate surface area is 205 Å². The van der Waals surface area contributed by atoms with Gasteiger partial charge in [0.1, 0.15) is 5.65 Å². The summed E-state index contributed by atoms with van der Waals surface area (Å²) in [6, 6.07) is 10.9. The highest BCUT2D eigenvalue weighted by atomic mass is 15.0. The molecule has 4 aromatic rings. The molecule has 2 fully saturated rings. The van der Waals surface area contributed by atoms with Crippen LogP contribution in [-0.2, 0) is 0 Å². The van der Waals surface area contributed by atoms with E-state index < -0.39 is 0 Å². The van der Waals surface area contributed by atoms with Crippen LogP contribution in [-0.4, -0.2) is 37.0 Å². The molecular weight excluding hydrogens is 434 g/mol. The summed E-state index contributed by atoms with van der Waals surface area (Å²) in [5, 5.41) is 5.79. The van der Waals surface area contributed by atoms with Gasteiger partial charge < -0.3 is 16.0 Å². The van der Waals surface area contributed by atoms with Crippen LogP contribution in [0.3, 0.4) is 0 Å². The predicted molar refractivity (Wildman–Crippen MR) is 139 cm³/mol. The first-order chi connectivity index (χ1) is 17.1. The van der Waals surface area contributed by atoms with Crippen molar-refractivity contribution in [1.29, 1.82) is 0 Å². The summed E-state index contributed by atoms with van der Waals surface area (Å²) in [6.07, 6.45) is 14.7. The molecule has 1 aromatic carbocycles. The molecule has 0 bridgehead atoms. The van der Waals surface area contributed by atoms with Crippen molar-refractivity contribution in [1.82, 2.24) is 30.2 Å². The minimum atomic E-state index is -0.155. The van der Waals surface area contributed by atoms with Crippen molar-refractivity contribution >= 4 is 21.9 Å². The van der Waals surface area contributed by atoms with E-state index in [-0.39, 0.29) is 11.6 Å². The Kier molecular flexibility index (Phi) is 5.66. The molecule has 7 nitrogen and oxygen atoms in total. The molecule has 2 unspecified atom stereocenters. The van der Waals surface area contributed by atoms with Gasteiger partial charge in [-0.15, -0.1) is 0 Å². The van der Waals surface area contributed by atoms with Gasteiger partial charge in [0, 0.05) is 64.4 Å². The predicted octanol–water partition coefficient (Wildman–Crippen LogP) is 5.10. The third kappa shape index (κ3) is 4.37. The van der Waals surface area contributed by atoms with Crippen molar-refractivity contribution in [3.05, 3.63) is 72.4 Å². The molecule has 2 atom stereocenters. The van der Waals surface area contributed by atoms with E-state index in [1.807, 2.05) is 24.7 Å². The highest BCUT2D eigenvalue weighted by Crippen LogP contribution is 2.36. The second-order valence-corrected chi connectivity index (χ2v) is 10.2. The third-order valence-electron chi connectivity index (χ3n) is 7.53.